The highest BCUT2D eigenvalue weighted by Crippen LogP contribution is 2.31. The van der Waals surface area contributed by atoms with Crippen LogP contribution in [-0.4, -0.2) is 17.4 Å². The van der Waals surface area contributed by atoms with Gasteiger partial charge in [0, 0.05) is 11.6 Å². The predicted molar refractivity (Wildman–Crippen MR) is 93.3 cm³/mol. The lowest BCUT2D eigenvalue weighted by molar-refractivity contribution is -0.383. The fourth-order valence-electron chi connectivity index (χ4n) is 2.99. The summed E-state index contributed by atoms with van der Waals surface area (Å²) in [6, 6.07) is 11.9. The third-order valence-corrected chi connectivity index (χ3v) is 4.18. The van der Waals surface area contributed by atoms with Crippen LogP contribution in [-0.2, 0) is 11.2 Å². The van der Waals surface area contributed by atoms with Crippen LogP contribution in [0.2, 0.25) is 0 Å². The van der Waals surface area contributed by atoms with Crippen molar-refractivity contribution in [3.63, 3.8) is 0 Å². The van der Waals surface area contributed by atoms with Crippen LogP contribution in [0.15, 0.2) is 42.5 Å². The number of amides is 1. The van der Waals surface area contributed by atoms with E-state index in [0.29, 0.717) is 12.2 Å². The van der Waals surface area contributed by atoms with Crippen molar-refractivity contribution in [2.24, 2.45) is 0 Å². The SMILES string of the molecule is Nc1cc(CC(=O)N[C@@H]2CCCOc3ccccc32)ccc1[N+](=O)[O-]. The fourth-order valence-corrected chi connectivity index (χ4v) is 2.99. The van der Waals surface area contributed by atoms with Gasteiger partial charge in [0.1, 0.15) is 11.4 Å². The zero-order chi connectivity index (χ0) is 17.8. The Bertz CT molecular complexity index is 807. The molecule has 25 heavy (non-hydrogen) atoms. The van der Waals surface area contributed by atoms with Gasteiger partial charge in [-0.1, -0.05) is 24.3 Å². The molecule has 3 rings (SSSR count). The first-order valence-corrected chi connectivity index (χ1v) is 8.08. The van der Waals surface area contributed by atoms with E-state index >= 15 is 0 Å². The van der Waals surface area contributed by atoms with Crippen LogP contribution in [0.25, 0.3) is 0 Å². The van der Waals surface area contributed by atoms with E-state index in [4.69, 9.17) is 10.5 Å². The second kappa shape index (κ2) is 7.21. The van der Waals surface area contributed by atoms with Crippen LogP contribution in [0.3, 0.4) is 0 Å². The maximum atomic E-state index is 12.4. The number of nitrogen functional groups attached to an aromatic ring is 1. The standard InChI is InChI=1S/C18H19N3O4/c19-14-10-12(7-8-16(14)21(23)24)11-18(22)20-15-5-3-9-25-17-6-2-1-4-13(15)17/h1-2,4,6-8,10,15H,3,5,9,11,19H2,(H,20,22)/t15-/m1/s1. The van der Waals surface area contributed by atoms with E-state index in [1.165, 1.54) is 12.1 Å². The summed E-state index contributed by atoms with van der Waals surface area (Å²) in [4.78, 5) is 22.7. The Labute approximate surface area is 144 Å². The zero-order valence-corrected chi connectivity index (χ0v) is 13.6. The lowest BCUT2D eigenvalue weighted by Gasteiger charge is -2.18. The van der Waals surface area contributed by atoms with Gasteiger partial charge in [0.15, 0.2) is 0 Å². The molecule has 0 unspecified atom stereocenters. The number of nitro benzene ring substituents is 1. The number of anilines is 1. The second-order valence-electron chi connectivity index (χ2n) is 5.98. The van der Waals surface area contributed by atoms with Crippen LogP contribution in [0.4, 0.5) is 11.4 Å². The van der Waals surface area contributed by atoms with Crippen LogP contribution >= 0.6 is 0 Å². The second-order valence-corrected chi connectivity index (χ2v) is 5.98. The number of ether oxygens (including phenoxy) is 1. The number of hydrogen-bond donors (Lipinski definition) is 2. The number of benzene rings is 2. The maximum absolute atomic E-state index is 12.4. The third-order valence-electron chi connectivity index (χ3n) is 4.18. The Balaban J connectivity index is 1.71. The van der Waals surface area contributed by atoms with Crippen molar-refractivity contribution < 1.29 is 14.5 Å². The van der Waals surface area contributed by atoms with Crippen LogP contribution in [0, 0.1) is 10.1 Å². The number of carbonyl (C=O) groups is 1. The molecule has 0 aliphatic carbocycles. The molecule has 1 amide bonds. The quantitative estimate of drug-likeness (QED) is 0.505. The molecule has 3 N–H and O–H groups in total. The number of carbonyl (C=O) groups excluding carboxylic acids is 1. The number of rotatable bonds is 4. The van der Waals surface area contributed by atoms with Crippen molar-refractivity contribution in [3.8, 4) is 5.75 Å². The van der Waals surface area contributed by atoms with Gasteiger partial charge in [-0.2, -0.15) is 0 Å². The summed E-state index contributed by atoms with van der Waals surface area (Å²) in [7, 11) is 0. The summed E-state index contributed by atoms with van der Waals surface area (Å²) in [5.74, 6) is 0.639. The molecule has 0 saturated carbocycles. The Morgan fingerprint density at radius 1 is 1.32 bits per heavy atom. The van der Waals surface area contributed by atoms with Gasteiger partial charge in [0.25, 0.3) is 5.69 Å². The molecule has 0 fully saturated rings. The van der Waals surface area contributed by atoms with E-state index < -0.39 is 4.92 Å². The van der Waals surface area contributed by atoms with Gasteiger partial charge in [0.05, 0.1) is 24.0 Å². The van der Waals surface area contributed by atoms with Crippen LogP contribution < -0.4 is 15.8 Å². The lowest BCUT2D eigenvalue weighted by Crippen LogP contribution is -2.29. The van der Waals surface area contributed by atoms with E-state index in [1.807, 2.05) is 24.3 Å². The average Bonchev–Trinajstić information content (AvgIpc) is 2.77. The molecule has 7 nitrogen and oxygen atoms in total. The van der Waals surface area contributed by atoms with Crippen molar-refractivity contribution in [3.05, 3.63) is 63.7 Å². The lowest BCUT2D eigenvalue weighted by atomic mass is 10.0. The monoisotopic (exact) mass is 341 g/mol. The average molecular weight is 341 g/mol. The molecule has 1 heterocycles. The van der Waals surface area contributed by atoms with Gasteiger partial charge < -0.3 is 15.8 Å². The largest absolute Gasteiger partial charge is 0.493 e. The molecule has 1 aliphatic rings. The van der Waals surface area contributed by atoms with E-state index in [2.05, 4.69) is 5.32 Å². The summed E-state index contributed by atoms with van der Waals surface area (Å²) in [5, 5.41) is 13.8. The van der Waals surface area contributed by atoms with Crippen molar-refractivity contribution in [1.82, 2.24) is 5.32 Å². The van der Waals surface area contributed by atoms with Gasteiger partial charge in [-0.05, 0) is 30.5 Å². The van der Waals surface area contributed by atoms with E-state index in [0.717, 1.165) is 24.2 Å². The molecule has 7 heteroatoms. The molecule has 2 aromatic carbocycles. The number of nitrogens with zero attached hydrogens (tertiary/aromatic N) is 1. The summed E-state index contributed by atoms with van der Waals surface area (Å²) in [5.41, 5.74) is 7.19. The fraction of sp³-hybridized carbons (Fsp3) is 0.278. The third kappa shape index (κ3) is 3.88. The number of hydrogen-bond acceptors (Lipinski definition) is 5. The minimum atomic E-state index is -0.540. The van der Waals surface area contributed by atoms with Gasteiger partial charge in [-0.3, -0.25) is 14.9 Å². The Kier molecular flexibility index (Phi) is 4.83. The molecule has 0 radical (unpaired) electrons. The molecule has 0 spiro atoms. The molecule has 1 atom stereocenters. The highest BCUT2D eigenvalue weighted by atomic mass is 16.6. The summed E-state index contributed by atoms with van der Waals surface area (Å²) < 4.78 is 5.70. The summed E-state index contributed by atoms with van der Waals surface area (Å²) in [6.07, 6.45) is 1.76. The number of para-hydroxylation sites is 1. The topological polar surface area (TPSA) is 107 Å². The predicted octanol–water partition coefficient (Wildman–Crippen LogP) is 2.75. The Hall–Kier alpha value is -3.09. The number of fused-ring (bicyclic) bond motifs is 1. The van der Waals surface area contributed by atoms with Crippen LogP contribution in [0.1, 0.15) is 30.0 Å². The smallest absolute Gasteiger partial charge is 0.292 e. The zero-order valence-electron chi connectivity index (χ0n) is 13.6. The first-order chi connectivity index (χ1) is 12.0. The molecular weight excluding hydrogens is 322 g/mol. The van der Waals surface area contributed by atoms with Crippen molar-refractivity contribution in [1.29, 1.82) is 0 Å². The molecule has 0 bridgehead atoms. The van der Waals surface area contributed by atoms with Crippen molar-refractivity contribution in [2.75, 3.05) is 12.3 Å². The first-order valence-electron chi connectivity index (χ1n) is 8.08. The summed E-state index contributed by atoms with van der Waals surface area (Å²) in [6.45, 7) is 0.627. The van der Waals surface area contributed by atoms with Gasteiger partial charge in [-0.25, -0.2) is 0 Å². The molecule has 0 saturated heterocycles. The normalized spacial score (nSPS) is 16.2. The molecule has 1 aliphatic heterocycles. The molecule has 130 valence electrons. The minimum absolute atomic E-state index is 0.0588. The number of nitrogens with two attached hydrogens (primary N) is 1. The Morgan fingerprint density at radius 3 is 2.88 bits per heavy atom. The van der Waals surface area contributed by atoms with Crippen LogP contribution in [0.5, 0.6) is 5.75 Å². The van der Waals surface area contributed by atoms with Gasteiger partial charge >= 0.3 is 0 Å². The minimum Gasteiger partial charge on any atom is -0.493 e. The first kappa shape index (κ1) is 16.8. The van der Waals surface area contributed by atoms with Crippen molar-refractivity contribution in [2.45, 2.75) is 25.3 Å². The van der Waals surface area contributed by atoms with E-state index in [-0.39, 0.29) is 29.7 Å². The van der Waals surface area contributed by atoms with Crippen molar-refractivity contribution >= 4 is 17.3 Å². The Morgan fingerprint density at radius 2 is 2.12 bits per heavy atom. The summed E-state index contributed by atoms with van der Waals surface area (Å²) >= 11 is 0. The van der Waals surface area contributed by atoms with E-state index in [1.54, 1.807) is 6.07 Å². The maximum Gasteiger partial charge on any atom is 0.292 e. The van der Waals surface area contributed by atoms with E-state index in [9.17, 15) is 14.9 Å². The van der Waals surface area contributed by atoms with Gasteiger partial charge in [0.2, 0.25) is 5.91 Å². The molecule has 2 aromatic rings. The highest BCUT2D eigenvalue weighted by Gasteiger charge is 2.21. The molecule has 0 aromatic heterocycles. The number of nitrogens with one attached hydrogen (secondary N) is 1. The number of nitro groups is 1. The highest BCUT2D eigenvalue weighted by molar-refractivity contribution is 5.80. The van der Waals surface area contributed by atoms with Gasteiger partial charge in [-0.15, -0.1) is 0 Å². The molecular formula is C18H19N3O4.